The van der Waals surface area contributed by atoms with Crippen LogP contribution in [0.2, 0.25) is 0 Å². The van der Waals surface area contributed by atoms with Gasteiger partial charge >= 0.3 is 0 Å². The maximum atomic E-state index is 5.03. The van der Waals surface area contributed by atoms with E-state index in [4.69, 9.17) is 9.97 Å². The van der Waals surface area contributed by atoms with Crippen LogP contribution in [0.1, 0.15) is 67.4 Å². The quantitative estimate of drug-likeness (QED) is 0.642. The van der Waals surface area contributed by atoms with Crippen molar-refractivity contribution >= 4 is 11.2 Å². The number of pyridine rings is 1. The van der Waals surface area contributed by atoms with Gasteiger partial charge in [0.15, 0.2) is 5.65 Å². The Bertz CT molecular complexity index is 1010. The number of rotatable bonds is 3. The minimum Gasteiger partial charge on any atom is -0.309 e. The number of likely N-dealkylation sites (tertiary alicyclic amines) is 1. The number of hydrogen-bond acceptors (Lipinski definition) is 3. The highest BCUT2D eigenvalue weighted by Crippen LogP contribution is 2.40. The molecule has 2 aliphatic carbocycles. The van der Waals surface area contributed by atoms with E-state index in [1.54, 1.807) is 11.1 Å². The highest BCUT2D eigenvalue weighted by atomic mass is 15.2. The zero-order valence-electron chi connectivity index (χ0n) is 17.1. The van der Waals surface area contributed by atoms with Crippen LogP contribution in [-0.4, -0.2) is 38.6 Å². The lowest BCUT2D eigenvalue weighted by atomic mass is 9.84. The van der Waals surface area contributed by atoms with Crippen molar-refractivity contribution in [1.29, 1.82) is 0 Å². The summed E-state index contributed by atoms with van der Waals surface area (Å²) < 4.78 is 2.53. The Morgan fingerprint density at radius 3 is 2.45 bits per heavy atom. The van der Waals surface area contributed by atoms with Crippen molar-refractivity contribution in [3.8, 4) is 0 Å². The highest BCUT2D eigenvalue weighted by molar-refractivity contribution is 5.71. The summed E-state index contributed by atoms with van der Waals surface area (Å²) in [5.41, 5.74) is 5.34. The molecular weight excluding hydrogens is 356 g/mol. The summed E-state index contributed by atoms with van der Waals surface area (Å²) in [6.45, 7) is 2.40. The first-order valence-corrected chi connectivity index (χ1v) is 11.5. The fourth-order valence-electron chi connectivity index (χ4n) is 5.76. The molecule has 1 aromatic carbocycles. The minimum atomic E-state index is 0.553. The second kappa shape index (κ2) is 7.24. The number of nitrogens with zero attached hydrogens (tertiary/aromatic N) is 4. The maximum Gasteiger partial charge on any atom is 0.160 e. The van der Waals surface area contributed by atoms with Crippen molar-refractivity contribution < 1.29 is 0 Å². The molecule has 0 amide bonds. The van der Waals surface area contributed by atoms with Crippen LogP contribution >= 0.6 is 0 Å². The van der Waals surface area contributed by atoms with E-state index in [9.17, 15) is 0 Å². The highest BCUT2D eigenvalue weighted by Gasteiger charge is 2.33. The van der Waals surface area contributed by atoms with Crippen molar-refractivity contribution in [2.45, 2.75) is 69.4 Å². The van der Waals surface area contributed by atoms with Crippen LogP contribution in [0.15, 0.2) is 42.6 Å². The monoisotopic (exact) mass is 386 g/mol. The van der Waals surface area contributed by atoms with Gasteiger partial charge in [-0.15, -0.1) is 0 Å². The first-order chi connectivity index (χ1) is 14.4. The molecule has 2 fully saturated rings. The van der Waals surface area contributed by atoms with Crippen molar-refractivity contribution in [2.24, 2.45) is 0 Å². The molecule has 29 heavy (non-hydrogen) atoms. The molecule has 2 aromatic heterocycles. The van der Waals surface area contributed by atoms with Gasteiger partial charge in [0.1, 0.15) is 11.3 Å². The average molecular weight is 387 g/mol. The first-order valence-electron chi connectivity index (χ1n) is 11.5. The number of fused-ring (bicyclic) bond motifs is 2. The third kappa shape index (κ3) is 3.09. The van der Waals surface area contributed by atoms with Crippen LogP contribution < -0.4 is 0 Å². The van der Waals surface area contributed by atoms with Crippen LogP contribution in [0.3, 0.4) is 0 Å². The summed E-state index contributed by atoms with van der Waals surface area (Å²) in [4.78, 5) is 12.5. The van der Waals surface area contributed by atoms with E-state index >= 15 is 0 Å². The molecule has 0 spiro atoms. The lowest BCUT2D eigenvalue weighted by molar-refractivity contribution is 0.123. The van der Waals surface area contributed by atoms with Crippen LogP contribution in [0, 0.1) is 0 Å². The summed E-state index contributed by atoms with van der Waals surface area (Å²) in [6.07, 6.45) is 12.1. The SMILES string of the molecule is c1ccc2c(c1)CC[C@@H](N1CCC(n3c(C4CCC4)nc4cccnc43)CC1)C2. The van der Waals surface area contributed by atoms with Gasteiger partial charge in [-0.3, -0.25) is 4.90 Å². The van der Waals surface area contributed by atoms with Gasteiger partial charge < -0.3 is 4.57 Å². The van der Waals surface area contributed by atoms with E-state index in [2.05, 4.69) is 39.8 Å². The lowest BCUT2D eigenvalue weighted by Crippen LogP contribution is -2.44. The van der Waals surface area contributed by atoms with Gasteiger partial charge in [0.2, 0.25) is 0 Å². The Morgan fingerprint density at radius 2 is 1.66 bits per heavy atom. The van der Waals surface area contributed by atoms with Crippen LogP contribution in [0.5, 0.6) is 0 Å². The minimum absolute atomic E-state index is 0.553. The average Bonchev–Trinajstić information content (AvgIpc) is 3.11. The standard InChI is InChI=1S/C25H30N4/c1-2-6-20-17-22(11-10-18(20)5-1)28-15-12-21(13-16-28)29-24(19-7-3-8-19)27-23-9-4-14-26-25(23)29/h1-2,4-6,9,14,19,21-22H,3,7-8,10-13,15-17H2/t22-/m1/s1. The molecule has 0 unspecified atom stereocenters. The van der Waals surface area contributed by atoms with Crippen molar-refractivity contribution in [1.82, 2.24) is 19.4 Å². The Kier molecular flexibility index (Phi) is 4.41. The lowest BCUT2D eigenvalue weighted by Gasteiger charge is -2.40. The predicted molar refractivity (Wildman–Crippen MR) is 116 cm³/mol. The van der Waals surface area contributed by atoms with Crippen molar-refractivity contribution in [2.75, 3.05) is 13.1 Å². The Hall–Kier alpha value is -2.20. The topological polar surface area (TPSA) is 34.0 Å². The molecule has 150 valence electrons. The normalized spacial score (nSPS) is 23.8. The smallest absolute Gasteiger partial charge is 0.160 e. The molecule has 1 saturated heterocycles. The van der Waals surface area contributed by atoms with Gasteiger partial charge in [-0.25, -0.2) is 9.97 Å². The number of piperidine rings is 1. The molecule has 1 saturated carbocycles. The fraction of sp³-hybridized carbons (Fsp3) is 0.520. The number of aromatic nitrogens is 3. The van der Waals surface area contributed by atoms with E-state index in [0.29, 0.717) is 12.0 Å². The van der Waals surface area contributed by atoms with E-state index < -0.39 is 0 Å². The van der Waals surface area contributed by atoms with Gasteiger partial charge in [-0.2, -0.15) is 0 Å². The number of hydrogen-bond donors (Lipinski definition) is 0. The molecule has 6 rings (SSSR count). The Balaban J connectivity index is 1.21. The third-order valence-electron chi connectivity index (χ3n) is 7.65. The Labute approximate surface area is 173 Å². The fourth-order valence-corrected chi connectivity index (χ4v) is 5.76. The van der Waals surface area contributed by atoms with Crippen LogP contribution in [0.4, 0.5) is 0 Å². The second-order valence-corrected chi connectivity index (χ2v) is 9.25. The summed E-state index contributed by atoms with van der Waals surface area (Å²) >= 11 is 0. The largest absolute Gasteiger partial charge is 0.309 e. The third-order valence-corrected chi connectivity index (χ3v) is 7.65. The van der Waals surface area contributed by atoms with Gasteiger partial charge in [0.25, 0.3) is 0 Å². The second-order valence-electron chi connectivity index (χ2n) is 9.25. The summed E-state index contributed by atoms with van der Waals surface area (Å²) in [6, 6.07) is 14.5. The predicted octanol–water partition coefficient (Wildman–Crippen LogP) is 4.89. The number of benzene rings is 1. The van der Waals surface area contributed by atoms with Crippen molar-refractivity contribution in [3.63, 3.8) is 0 Å². The molecule has 3 heterocycles. The molecule has 3 aliphatic rings. The molecular formula is C25H30N4. The van der Waals surface area contributed by atoms with Gasteiger partial charge in [-0.05, 0) is 68.2 Å². The molecule has 0 N–H and O–H groups in total. The first kappa shape index (κ1) is 17.6. The van der Waals surface area contributed by atoms with Gasteiger partial charge in [0, 0.05) is 37.3 Å². The van der Waals surface area contributed by atoms with Crippen molar-refractivity contribution in [3.05, 3.63) is 59.5 Å². The molecule has 0 radical (unpaired) electrons. The van der Waals surface area contributed by atoms with Crippen LogP contribution in [0.25, 0.3) is 11.2 Å². The summed E-state index contributed by atoms with van der Waals surface area (Å²) in [7, 11) is 0. The molecule has 4 nitrogen and oxygen atoms in total. The van der Waals surface area contributed by atoms with E-state index in [-0.39, 0.29) is 0 Å². The zero-order chi connectivity index (χ0) is 19.2. The summed E-state index contributed by atoms with van der Waals surface area (Å²) in [5, 5.41) is 0. The zero-order valence-corrected chi connectivity index (χ0v) is 17.1. The molecule has 0 bridgehead atoms. The van der Waals surface area contributed by atoms with Crippen LogP contribution in [-0.2, 0) is 12.8 Å². The number of imidazole rings is 1. The molecule has 4 heteroatoms. The van der Waals surface area contributed by atoms with Gasteiger partial charge in [0.05, 0.1) is 0 Å². The maximum absolute atomic E-state index is 5.03. The molecule has 1 atom stereocenters. The number of aryl methyl sites for hydroxylation is 1. The summed E-state index contributed by atoms with van der Waals surface area (Å²) in [5.74, 6) is 1.96. The van der Waals surface area contributed by atoms with E-state index in [1.807, 2.05) is 12.3 Å². The molecule has 3 aromatic rings. The van der Waals surface area contributed by atoms with Gasteiger partial charge in [-0.1, -0.05) is 30.7 Å². The van der Waals surface area contributed by atoms with E-state index in [0.717, 1.165) is 17.2 Å². The Morgan fingerprint density at radius 1 is 0.828 bits per heavy atom. The molecule has 1 aliphatic heterocycles. The van der Waals surface area contributed by atoms with E-state index in [1.165, 1.54) is 70.3 Å².